The van der Waals surface area contributed by atoms with Crippen molar-refractivity contribution in [2.75, 3.05) is 18.0 Å². The largest absolute Gasteiger partial charge is 0.390 e. The first-order valence-corrected chi connectivity index (χ1v) is 8.50. The van der Waals surface area contributed by atoms with Crippen LogP contribution < -0.4 is 10.2 Å². The van der Waals surface area contributed by atoms with Crippen LogP contribution in [0.2, 0.25) is 0 Å². The monoisotopic (exact) mass is 323 g/mol. The maximum absolute atomic E-state index is 12.6. The minimum absolute atomic E-state index is 0.239. The number of rotatable bonds is 3. The molecule has 2 aliphatic rings. The number of nitrogens with zero attached hydrogens (tertiary/aromatic N) is 2. The predicted octanol–water partition coefficient (Wildman–Crippen LogP) is 2.07. The molecule has 1 aromatic carbocycles. The molecule has 1 aliphatic carbocycles. The normalized spacial score (nSPS) is 22.5. The van der Waals surface area contributed by atoms with Gasteiger partial charge >= 0.3 is 0 Å². The average Bonchev–Trinajstić information content (AvgIpc) is 3.24. The van der Waals surface area contributed by atoms with Crippen molar-refractivity contribution in [3.8, 4) is 0 Å². The molecule has 1 aliphatic heterocycles. The third-order valence-corrected chi connectivity index (χ3v) is 4.94. The zero-order valence-corrected chi connectivity index (χ0v) is 13.5. The fourth-order valence-corrected chi connectivity index (χ4v) is 3.68. The summed E-state index contributed by atoms with van der Waals surface area (Å²) >= 11 is 0. The highest BCUT2D eigenvalue weighted by atomic mass is 16.3. The molecule has 124 valence electrons. The first-order valence-electron chi connectivity index (χ1n) is 8.50. The maximum atomic E-state index is 12.6. The van der Waals surface area contributed by atoms with Gasteiger partial charge in [-0.05, 0) is 36.1 Å². The van der Waals surface area contributed by atoms with E-state index in [-0.39, 0.29) is 11.9 Å². The van der Waals surface area contributed by atoms with Crippen LogP contribution in [-0.2, 0) is 6.42 Å². The van der Waals surface area contributed by atoms with Crippen LogP contribution in [0.15, 0.2) is 42.6 Å². The molecule has 2 atom stereocenters. The summed E-state index contributed by atoms with van der Waals surface area (Å²) < 4.78 is 0. The summed E-state index contributed by atoms with van der Waals surface area (Å²) in [7, 11) is 0. The number of carbonyl (C=O) groups excluding carboxylic acids is 1. The molecular weight excluding hydrogens is 302 g/mol. The van der Waals surface area contributed by atoms with E-state index in [4.69, 9.17) is 0 Å². The van der Waals surface area contributed by atoms with E-state index in [1.165, 1.54) is 12.8 Å². The number of amides is 1. The molecule has 24 heavy (non-hydrogen) atoms. The quantitative estimate of drug-likeness (QED) is 0.907. The highest BCUT2D eigenvalue weighted by Crippen LogP contribution is 2.31. The Morgan fingerprint density at radius 1 is 1.21 bits per heavy atom. The van der Waals surface area contributed by atoms with Crippen LogP contribution in [0.25, 0.3) is 0 Å². The molecule has 2 heterocycles. The van der Waals surface area contributed by atoms with Gasteiger partial charge in [-0.25, -0.2) is 0 Å². The molecular formula is C19H21N3O2. The average molecular weight is 323 g/mol. The molecule has 0 saturated carbocycles. The fraction of sp³-hybridized carbons (Fsp3) is 0.368. The smallest absolute Gasteiger partial charge is 0.270 e. The zero-order chi connectivity index (χ0) is 16.5. The molecule has 4 rings (SSSR count). The fourth-order valence-electron chi connectivity index (χ4n) is 3.68. The number of fused-ring (bicyclic) bond motifs is 1. The highest BCUT2D eigenvalue weighted by Gasteiger charge is 2.32. The summed E-state index contributed by atoms with van der Waals surface area (Å²) in [4.78, 5) is 19.1. The first-order chi connectivity index (χ1) is 11.7. The molecule has 5 heteroatoms. The number of hydrogen-bond donors (Lipinski definition) is 2. The number of aliphatic hydroxyl groups excluding tert-OH is 1. The minimum atomic E-state index is -0.590. The first kappa shape index (κ1) is 15.1. The van der Waals surface area contributed by atoms with Gasteiger partial charge in [0, 0.05) is 31.4 Å². The number of carbonyl (C=O) groups is 1. The standard InChI is InChI=1S/C19H21N3O2/c23-17-11-13-5-1-2-6-15(13)18(17)21-19(24)16-12-14(7-8-20-16)22-9-3-4-10-22/h1-2,5-8,12,17-18,23H,3-4,9-11H2,(H,21,24)/t17-,18+/m0/s1. The molecule has 0 bridgehead atoms. The summed E-state index contributed by atoms with van der Waals surface area (Å²) in [5.41, 5.74) is 3.53. The topological polar surface area (TPSA) is 65.5 Å². The maximum Gasteiger partial charge on any atom is 0.270 e. The van der Waals surface area contributed by atoms with Gasteiger partial charge < -0.3 is 15.3 Å². The van der Waals surface area contributed by atoms with Crippen LogP contribution in [0, 0.1) is 0 Å². The lowest BCUT2D eigenvalue weighted by Crippen LogP contribution is -2.34. The summed E-state index contributed by atoms with van der Waals surface area (Å²) in [6, 6.07) is 11.3. The molecule has 0 unspecified atom stereocenters. The number of nitrogens with one attached hydrogen (secondary N) is 1. The number of aliphatic hydroxyl groups is 1. The van der Waals surface area contributed by atoms with Gasteiger partial charge in [0.25, 0.3) is 5.91 Å². The second-order valence-electron chi connectivity index (χ2n) is 6.51. The van der Waals surface area contributed by atoms with Crippen molar-refractivity contribution in [1.82, 2.24) is 10.3 Å². The Morgan fingerprint density at radius 3 is 2.83 bits per heavy atom. The van der Waals surface area contributed by atoms with Crippen LogP contribution in [0.1, 0.15) is 40.5 Å². The lowest BCUT2D eigenvalue weighted by Gasteiger charge is -2.20. The minimum Gasteiger partial charge on any atom is -0.390 e. The van der Waals surface area contributed by atoms with Gasteiger partial charge in [-0.2, -0.15) is 0 Å². The van der Waals surface area contributed by atoms with Gasteiger partial charge in [0.2, 0.25) is 0 Å². The van der Waals surface area contributed by atoms with E-state index >= 15 is 0 Å². The van der Waals surface area contributed by atoms with E-state index in [0.29, 0.717) is 12.1 Å². The Hall–Kier alpha value is -2.40. The summed E-state index contributed by atoms with van der Waals surface area (Å²) in [6.07, 6.45) is 4.04. The highest BCUT2D eigenvalue weighted by molar-refractivity contribution is 5.93. The summed E-state index contributed by atoms with van der Waals surface area (Å²) in [5, 5.41) is 13.2. The lowest BCUT2D eigenvalue weighted by atomic mass is 10.1. The van der Waals surface area contributed by atoms with Crippen molar-refractivity contribution in [1.29, 1.82) is 0 Å². The molecule has 5 nitrogen and oxygen atoms in total. The zero-order valence-electron chi connectivity index (χ0n) is 13.5. The molecule has 1 amide bonds. The molecule has 1 fully saturated rings. The van der Waals surface area contributed by atoms with E-state index in [0.717, 1.165) is 29.9 Å². The van der Waals surface area contributed by atoms with Crippen LogP contribution in [0.5, 0.6) is 0 Å². The van der Waals surface area contributed by atoms with Gasteiger partial charge in [-0.15, -0.1) is 0 Å². The van der Waals surface area contributed by atoms with Crippen molar-refractivity contribution in [2.45, 2.75) is 31.4 Å². The van der Waals surface area contributed by atoms with E-state index in [9.17, 15) is 9.90 Å². The van der Waals surface area contributed by atoms with Crippen LogP contribution in [0.3, 0.4) is 0 Å². The Bertz CT molecular complexity index is 756. The van der Waals surface area contributed by atoms with Gasteiger partial charge in [0.1, 0.15) is 5.69 Å². The SMILES string of the molecule is O=C(N[C@@H]1c2ccccc2C[C@@H]1O)c1cc(N2CCCC2)ccn1. The van der Waals surface area contributed by atoms with Crippen molar-refractivity contribution < 1.29 is 9.90 Å². The van der Waals surface area contributed by atoms with Gasteiger partial charge in [0.05, 0.1) is 12.1 Å². The molecule has 2 aromatic rings. The number of benzene rings is 1. The molecule has 1 saturated heterocycles. The number of aromatic nitrogens is 1. The van der Waals surface area contributed by atoms with Crippen LogP contribution >= 0.6 is 0 Å². The summed E-state index contributed by atoms with van der Waals surface area (Å²) in [5.74, 6) is -0.239. The van der Waals surface area contributed by atoms with E-state index in [1.54, 1.807) is 6.20 Å². The lowest BCUT2D eigenvalue weighted by molar-refractivity contribution is 0.0853. The third kappa shape index (κ3) is 2.76. The predicted molar refractivity (Wildman–Crippen MR) is 92.0 cm³/mol. The second kappa shape index (κ2) is 6.24. The molecule has 1 aromatic heterocycles. The number of anilines is 1. The second-order valence-corrected chi connectivity index (χ2v) is 6.51. The Balaban J connectivity index is 1.53. The van der Waals surface area contributed by atoms with Crippen molar-refractivity contribution in [3.05, 3.63) is 59.4 Å². The van der Waals surface area contributed by atoms with Gasteiger partial charge in [0.15, 0.2) is 0 Å². The Morgan fingerprint density at radius 2 is 2.00 bits per heavy atom. The van der Waals surface area contributed by atoms with Crippen LogP contribution in [0.4, 0.5) is 5.69 Å². The Kier molecular flexibility index (Phi) is 3.94. The van der Waals surface area contributed by atoms with E-state index < -0.39 is 6.10 Å². The Labute approximate surface area is 141 Å². The van der Waals surface area contributed by atoms with E-state index in [1.807, 2.05) is 36.4 Å². The van der Waals surface area contributed by atoms with Crippen molar-refractivity contribution >= 4 is 11.6 Å². The third-order valence-electron chi connectivity index (χ3n) is 4.94. The van der Waals surface area contributed by atoms with Gasteiger partial charge in [-0.1, -0.05) is 24.3 Å². The van der Waals surface area contributed by atoms with Crippen LogP contribution in [-0.4, -0.2) is 35.2 Å². The molecule has 0 spiro atoms. The van der Waals surface area contributed by atoms with Crippen molar-refractivity contribution in [2.24, 2.45) is 0 Å². The summed E-state index contributed by atoms with van der Waals surface area (Å²) in [6.45, 7) is 2.06. The molecule has 2 N–H and O–H groups in total. The van der Waals surface area contributed by atoms with E-state index in [2.05, 4.69) is 15.2 Å². The number of hydrogen-bond acceptors (Lipinski definition) is 4. The van der Waals surface area contributed by atoms with Gasteiger partial charge in [-0.3, -0.25) is 9.78 Å². The molecule has 0 radical (unpaired) electrons. The number of pyridine rings is 1. The van der Waals surface area contributed by atoms with Crippen molar-refractivity contribution in [3.63, 3.8) is 0 Å².